The number of H-pyrrole nitrogens is 1. The van der Waals surface area contributed by atoms with Crippen LogP contribution in [-0.2, 0) is 5.54 Å². The second-order valence-electron chi connectivity index (χ2n) is 5.11. The average Bonchev–Trinajstić information content (AvgIpc) is 2.55. The fraction of sp³-hybridized carbons (Fsp3) is 0.462. The van der Waals surface area contributed by atoms with Crippen LogP contribution in [0.25, 0.3) is 11.0 Å². The molecule has 0 bridgehead atoms. The third kappa shape index (κ3) is 2.19. The van der Waals surface area contributed by atoms with Crippen molar-refractivity contribution < 1.29 is 4.39 Å². The van der Waals surface area contributed by atoms with Crippen molar-refractivity contribution in [1.29, 1.82) is 0 Å². The summed E-state index contributed by atoms with van der Waals surface area (Å²) in [7, 11) is 0. The molecule has 0 atom stereocenters. The summed E-state index contributed by atoms with van der Waals surface area (Å²) in [5.74, 6) is -0.430. The van der Waals surface area contributed by atoms with E-state index in [2.05, 4.69) is 25.8 Å². The molecule has 5 heteroatoms. The summed E-state index contributed by atoms with van der Waals surface area (Å²) in [5, 5.41) is 0.123. The quantitative estimate of drug-likeness (QED) is 0.785. The van der Waals surface area contributed by atoms with Gasteiger partial charge in [-0.3, -0.25) is 0 Å². The van der Waals surface area contributed by atoms with Crippen LogP contribution in [0.3, 0.4) is 0 Å². The molecule has 0 amide bonds. The molecule has 0 fully saturated rings. The Hall–Kier alpha value is -0.870. The van der Waals surface area contributed by atoms with Gasteiger partial charge in [0, 0.05) is 11.6 Å². The molecule has 98 valence electrons. The van der Waals surface area contributed by atoms with E-state index in [9.17, 15) is 4.39 Å². The van der Waals surface area contributed by atoms with Crippen molar-refractivity contribution in [1.82, 2.24) is 9.55 Å². The summed E-state index contributed by atoms with van der Waals surface area (Å²) in [6.07, 6.45) is 2.04. The number of halogens is 2. The van der Waals surface area contributed by atoms with Crippen molar-refractivity contribution in [3.8, 4) is 0 Å². The zero-order chi connectivity index (χ0) is 13.5. The number of benzene rings is 1. The van der Waals surface area contributed by atoms with Gasteiger partial charge < -0.3 is 9.55 Å². The number of hydrogen-bond donors (Lipinski definition) is 1. The van der Waals surface area contributed by atoms with Crippen LogP contribution in [0, 0.1) is 10.6 Å². The SMILES string of the molecule is CCCC(C)(C)n1c(=S)[nH]c2cc(F)c(Cl)cc21. The van der Waals surface area contributed by atoms with Gasteiger partial charge in [0.1, 0.15) is 5.82 Å². The monoisotopic (exact) mass is 286 g/mol. The first-order valence-corrected chi connectivity index (χ1v) is 6.75. The third-order valence-electron chi connectivity index (χ3n) is 3.19. The number of nitrogens with one attached hydrogen (secondary N) is 1. The van der Waals surface area contributed by atoms with Gasteiger partial charge in [0.15, 0.2) is 4.77 Å². The van der Waals surface area contributed by atoms with Crippen molar-refractivity contribution in [3.05, 3.63) is 27.7 Å². The standard InChI is InChI=1S/C13H16ClFN2S/c1-4-5-13(2,3)17-11-6-8(14)9(15)7-10(11)16-12(17)18/h6-7H,4-5H2,1-3H3,(H,16,18). The lowest BCUT2D eigenvalue weighted by molar-refractivity contribution is 0.330. The predicted octanol–water partition coefficient (Wildman–Crippen LogP) is 5.03. The Morgan fingerprint density at radius 2 is 2.11 bits per heavy atom. The molecule has 1 aromatic carbocycles. The van der Waals surface area contributed by atoms with E-state index in [0.717, 1.165) is 18.4 Å². The van der Waals surface area contributed by atoms with Crippen LogP contribution in [0.15, 0.2) is 12.1 Å². The summed E-state index contributed by atoms with van der Waals surface area (Å²) in [4.78, 5) is 3.04. The van der Waals surface area contributed by atoms with Gasteiger partial charge in [-0.2, -0.15) is 0 Å². The highest BCUT2D eigenvalue weighted by atomic mass is 35.5. The predicted molar refractivity (Wildman–Crippen MR) is 76.3 cm³/mol. The molecule has 0 aliphatic rings. The van der Waals surface area contributed by atoms with Gasteiger partial charge in [-0.05, 0) is 38.6 Å². The molecule has 0 radical (unpaired) electrons. The first-order chi connectivity index (χ1) is 8.36. The fourth-order valence-corrected chi connectivity index (χ4v) is 3.04. The van der Waals surface area contributed by atoms with E-state index in [1.165, 1.54) is 6.07 Å². The molecule has 0 spiro atoms. The van der Waals surface area contributed by atoms with Gasteiger partial charge in [-0.15, -0.1) is 0 Å². The average molecular weight is 287 g/mol. The second kappa shape index (κ2) is 4.67. The molecule has 0 saturated carbocycles. The van der Waals surface area contributed by atoms with E-state index < -0.39 is 5.82 Å². The third-order valence-corrected chi connectivity index (χ3v) is 3.77. The van der Waals surface area contributed by atoms with E-state index in [0.29, 0.717) is 10.3 Å². The molecular formula is C13H16ClFN2S. The number of aromatic amines is 1. The van der Waals surface area contributed by atoms with Gasteiger partial charge in [0.25, 0.3) is 0 Å². The van der Waals surface area contributed by atoms with E-state index in [-0.39, 0.29) is 10.6 Å². The normalized spacial score (nSPS) is 12.3. The first-order valence-electron chi connectivity index (χ1n) is 5.97. The minimum atomic E-state index is -0.430. The molecular weight excluding hydrogens is 271 g/mol. The number of hydrogen-bond acceptors (Lipinski definition) is 1. The largest absolute Gasteiger partial charge is 0.330 e. The van der Waals surface area contributed by atoms with Crippen LogP contribution < -0.4 is 0 Å². The highest BCUT2D eigenvalue weighted by Gasteiger charge is 2.23. The number of imidazole rings is 1. The topological polar surface area (TPSA) is 20.7 Å². The van der Waals surface area contributed by atoms with Crippen molar-refractivity contribution >= 4 is 34.9 Å². The molecule has 2 nitrogen and oxygen atoms in total. The Morgan fingerprint density at radius 1 is 1.44 bits per heavy atom. The maximum atomic E-state index is 13.4. The number of rotatable bonds is 3. The van der Waals surface area contributed by atoms with Crippen molar-refractivity contribution in [2.75, 3.05) is 0 Å². The number of aromatic nitrogens is 2. The second-order valence-corrected chi connectivity index (χ2v) is 5.91. The van der Waals surface area contributed by atoms with Crippen molar-refractivity contribution in [2.45, 2.75) is 39.2 Å². The minimum Gasteiger partial charge on any atom is -0.330 e. The van der Waals surface area contributed by atoms with Crippen LogP contribution in [0.1, 0.15) is 33.6 Å². The van der Waals surface area contributed by atoms with Gasteiger partial charge >= 0.3 is 0 Å². The summed E-state index contributed by atoms with van der Waals surface area (Å²) in [6.45, 7) is 6.38. The van der Waals surface area contributed by atoms with Crippen LogP contribution in [-0.4, -0.2) is 9.55 Å². The Bertz CT molecular complexity index is 642. The van der Waals surface area contributed by atoms with Crippen molar-refractivity contribution in [3.63, 3.8) is 0 Å². The lowest BCUT2D eigenvalue weighted by atomic mass is 9.98. The summed E-state index contributed by atoms with van der Waals surface area (Å²) >= 11 is 11.2. The van der Waals surface area contributed by atoms with Gasteiger partial charge in [-0.1, -0.05) is 24.9 Å². The zero-order valence-corrected chi connectivity index (χ0v) is 12.3. The Balaban J connectivity index is 2.75. The molecule has 1 aromatic heterocycles. The minimum absolute atomic E-state index is 0.120. The maximum Gasteiger partial charge on any atom is 0.178 e. The first kappa shape index (κ1) is 13.6. The van der Waals surface area contributed by atoms with Gasteiger partial charge in [0.05, 0.1) is 16.1 Å². The Kier molecular flexibility index (Phi) is 3.52. The molecule has 0 aliphatic heterocycles. The molecule has 2 aromatic rings. The fourth-order valence-electron chi connectivity index (χ4n) is 2.43. The lowest BCUT2D eigenvalue weighted by Crippen LogP contribution is -2.26. The molecule has 18 heavy (non-hydrogen) atoms. The highest BCUT2D eigenvalue weighted by Crippen LogP contribution is 2.30. The van der Waals surface area contributed by atoms with Crippen LogP contribution in [0.4, 0.5) is 4.39 Å². The van der Waals surface area contributed by atoms with E-state index in [1.54, 1.807) is 6.07 Å². The molecule has 0 saturated heterocycles. The Labute approximate surface area is 116 Å². The van der Waals surface area contributed by atoms with Gasteiger partial charge in [-0.25, -0.2) is 4.39 Å². The summed E-state index contributed by atoms with van der Waals surface area (Å²) in [5.41, 5.74) is 1.42. The van der Waals surface area contributed by atoms with Crippen molar-refractivity contribution in [2.24, 2.45) is 0 Å². The smallest absolute Gasteiger partial charge is 0.178 e. The van der Waals surface area contributed by atoms with E-state index >= 15 is 0 Å². The van der Waals surface area contributed by atoms with Crippen LogP contribution in [0.5, 0.6) is 0 Å². The number of nitrogens with zero attached hydrogens (tertiary/aromatic N) is 1. The van der Waals surface area contributed by atoms with Gasteiger partial charge in [0.2, 0.25) is 0 Å². The number of fused-ring (bicyclic) bond motifs is 1. The summed E-state index contributed by atoms with van der Waals surface area (Å²) < 4.78 is 16.1. The maximum absolute atomic E-state index is 13.4. The molecule has 0 unspecified atom stereocenters. The zero-order valence-electron chi connectivity index (χ0n) is 10.7. The molecule has 0 aliphatic carbocycles. The Morgan fingerprint density at radius 3 is 2.72 bits per heavy atom. The molecule has 1 N–H and O–H groups in total. The highest BCUT2D eigenvalue weighted by molar-refractivity contribution is 7.71. The lowest BCUT2D eigenvalue weighted by Gasteiger charge is -2.27. The van der Waals surface area contributed by atoms with Crippen LogP contribution >= 0.6 is 23.8 Å². The van der Waals surface area contributed by atoms with Crippen LogP contribution in [0.2, 0.25) is 5.02 Å². The van der Waals surface area contributed by atoms with E-state index in [4.69, 9.17) is 23.8 Å². The molecule has 1 heterocycles. The molecule has 2 rings (SSSR count). The summed E-state index contributed by atoms with van der Waals surface area (Å²) in [6, 6.07) is 3.03. The van der Waals surface area contributed by atoms with E-state index in [1.807, 2.05) is 4.57 Å².